The lowest BCUT2D eigenvalue weighted by molar-refractivity contribution is -0.116. The van der Waals surface area contributed by atoms with Crippen molar-refractivity contribution in [3.8, 4) is 0 Å². The largest absolute Gasteiger partial charge is 0.325 e. The van der Waals surface area contributed by atoms with Crippen LogP contribution in [0.4, 0.5) is 11.4 Å². The van der Waals surface area contributed by atoms with E-state index in [9.17, 15) is 9.59 Å². The second-order valence-electron chi connectivity index (χ2n) is 5.97. The topological polar surface area (TPSA) is 49.4 Å². The molecule has 0 aliphatic carbocycles. The lowest BCUT2D eigenvalue weighted by atomic mass is 10.1. The zero-order valence-electron chi connectivity index (χ0n) is 14.1. The van der Waals surface area contributed by atoms with E-state index in [1.54, 1.807) is 11.8 Å². The zero-order valence-corrected chi connectivity index (χ0v) is 15.7. The van der Waals surface area contributed by atoms with Crippen molar-refractivity contribution in [1.82, 2.24) is 0 Å². The monoisotopic (exact) mass is 374 g/mol. The second kappa shape index (κ2) is 7.50. The summed E-state index contributed by atoms with van der Waals surface area (Å²) in [6, 6.07) is 13.1. The highest BCUT2D eigenvalue weighted by Gasteiger charge is 2.23. The van der Waals surface area contributed by atoms with Crippen LogP contribution in [0, 0.1) is 0 Å². The predicted octanol–water partition coefficient (Wildman–Crippen LogP) is 4.37. The number of rotatable bonds is 4. The van der Waals surface area contributed by atoms with Crippen molar-refractivity contribution in [3.05, 3.63) is 53.1 Å². The molecule has 0 fully saturated rings. The molecule has 0 aromatic heterocycles. The molecule has 0 bridgehead atoms. The van der Waals surface area contributed by atoms with Gasteiger partial charge in [0.15, 0.2) is 0 Å². The van der Waals surface area contributed by atoms with Crippen molar-refractivity contribution >= 4 is 46.6 Å². The fourth-order valence-corrected chi connectivity index (χ4v) is 3.81. The SMILES string of the molecule is CC(=O)N1CCc2cc(NC(=O)C(C)Sc3ccc(Cl)cc3)ccc21. The van der Waals surface area contributed by atoms with Crippen LogP contribution in [0.1, 0.15) is 19.4 Å². The highest BCUT2D eigenvalue weighted by Crippen LogP contribution is 2.31. The Morgan fingerprint density at radius 2 is 1.92 bits per heavy atom. The van der Waals surface area contributed by atoms with Gasteiger partial charge in [0, 0.05) is 34.8 Å². The van der Waals surface area contributed by atoms with E-state index in [-0.39, 0.29) is 17.1 Å². The molecule has 25 heavy (non-hydrogen) atoms. The number of anilines is 2. The van der Waals surface area contributed by atoms with Gasteiger partial charge in [-0.1, -0.05) is 11.6 Å². The first kappa shape index (κ1) is 17.8. The quantitative estimate of drug-likeness (QED) is 0.808. The van der Waals surface area contributed by atoms with Crippen LogP contribution in [0.2, 0.25) is 5.02 Å². The van der Waals surface area contributed by atoms with E-state index >= 15 is 0 Å². The van der Waals surface area contributed by atoms with Crippen LogP contribution in [-0.4, -0.2) is 23.6 Å². The summed E-state index contributed by atoms with van der Waals surface area (Å²) >= 11 is 7.37. The fraction of sp³-hybridized carbons (Fsp3) is 0.263. The number of thioether (sulfide) groups is 1. The van der Waals surface area contributed by atoms with Gasteiger partial charge in [0.2, 0.25) is 11.8 Å². The molecule has 130 valence electrons. The van der Waals surface area contributed by atoms with Crippen LogP contribution < -0.4 is 10.2 Å². The molecule has 1 aliphatic rings. The average molecular weight is 375 g/mol. The molecule has 0 radical (unpaired) electrons. The number of halogens is 1. The van der Waals surface area contributed by atoms with Crippen LogP contribution in [0.25, 0.3) is 0 Å². The molecule has 4 nitrogen and oxygen atoms in total. The van der Waals surface area contributed by atoms with Crippen LogP contribution in [-0.2, 0) is 16.0 Å². The third kappa shape index (κ3) is 4.17. The van der Waals surface area contributed by atoms with Crippen molar-refractivity contribution in [3.63, 3.8) is 0 Å². The van der Waals surface area contributed by atoms with E-state index in [0.717, 1.165) is 28.3 Å². The van der Waals surface area contributed by atoms with Gasteiger partial charge in [-0.3, -0.25) is 9.59 Å². The van der Waals surface area contributed by atoms with Gasteiger partial charge in [-0.15, -0.1) is 11.8 Å². The molecule has 1 heterocycles. The minimum Gasteiger partial charge on any atom is -0.325 e. The highest BCUT2D eigenvalue weighted by atomic mass is 35.5. The number of hydrogen-bond donors (Lipinski definition) is 1. The highest BCUT2D eigenvalue weighted by molar-refractivity contribution is 8.00. The Labute approximate surface area is 156 Å². The number of nitrogens with zero attached hydrogens (tertiary/aromatic N) is 1. The normalized spacial score (nSPS) is 14.1. The maximum absolute atomic E-state index is 12.4. The summed E-state index contributed by atoms with van der Waals surface area (Å²) < 4.78 is 0. The number of carbonyl (C=O) groups excluding carboxylic acids is 2. The van der Waals surface area contributed by atoms with E-state index in [0.29, 0.717) is 11.6 Å². The van der Waals surface area contributed by atoms with Gasteiger partial charge in [-0.05, 0) is 61.4 Å². The maximum Gasteiger partial charge on any atom is 0.237 e. The summed E-state index contributed by atoms with van der Waals surface area (Å²) in [4.78, 5) is 26.8. The third-order valence-corrected chi connectivity index (χ3v) is 5.48. The Balaban J connectivity index is 1.65. The van der Waals surface area contributed by atoms with Gasteiger partial charge in [-0.25, -0.2) is 0 Å². The van der Waals surface area contributed by atoms with Crippen molar-refractivity contribution in [2.45, 2.75) is 30.4 Å². The molecule has 0 saturated heterocycles. The van der Waals surface area contributed by atoms with Crippen molar-refractivity contribution in [2.24, 2.45) is 0 Å². The van der Waals surface area contributed by atoms with Crippen LogP contribution in [0.5, 0.6) is 0 Å². The zero-order chi connectivity index (χ0) is 18.0. The summed E-state index contributed by atoms with van der Waals surface area (Å²) in [5.41, 5.74) is 2.79. The Bertz CT molecular complexity index is 808. The van der Waals surface area contributed by atoms with E-state index in [1.165, 1.54) is 11.8 Å². The Morgan fingerprint density at radius 1 is 1.20 bits per heavy atom. The molecule has 6 heteroatoms. The number of fused-ring (bicyclic) bond motifs is 1. The molecule has 2 amide bonds. The van der Waals surface area contributed by atoms with Crippen LogP contribution in [0.15, 0.2) is 47.4 Å². The molecular formula is C19H19ClN2O2S. The van der Waals surface area contributed by atoms with Gasteiger partial charge >= 0.3 is 0 Å². The number of carbonyl (C=O) groups is 2. The van der Waals surface area contributed by atoms with E-state index in [2.05, 4.69) is 5.32 Å². The summed E-state index contributed by atoms with van der Waals surface area (Å²) in [5.74, 6) is -0.00940. The van der Waals surface area contributed by atoms with Gasteiger partial charge in [0.1, 0.15) is 0 Å². The molecule has 1 N–H and O–H groups in total. The first-order valence-corrected chi connectivity index (χ1v) is 9.34. The predicted molar refractivity (Wildman–Crippen MR) is 104 cm³/mol. The van der Waals surface area contributed by atoms with Gasteiger partial charge in [0.25, 0.3) is 0 Å². The summed E-state index contributed by atoms with van der Waals surface area (Å²) in [7, 11) is 0. The summed E-state index contributed by atoms with van der Waals surface area (Å²) in [6.45, 7) is 4.14. The molecular weight excluding hydrogens is 356 g/mol. The van der Waals surface area contributed by atoms with E-state index in [1.807, 2.05) is 49.4 Å². The Morgan fingerprint density at radius 3 is 2.60 bits per heavy atom. The fourth-order valence-electron chi connectivity index (χ4n) is 2.82. The summed E-state index contributed by atoms with van der Waals surface area (Å²) in [6.07, 6.45) is 0.813. The third-order valence-electron chi connectivity index (χ3n) is 4.12. The van der Waals surface area contributed by atoms with Crippen LogP contribution >= 0.6 is 23.4 Å². The molecule has 2 aromatic carbocycles. The molecule has 0 spiro atoms. The van der Waals surface area contributed by atoms with E-state index < -0.39 is 0 Å². The Kier molecular flexibility index (Phi) is 5.35. The summed E-state index contributed by atoms with van der Waals surface area (Å²) in [5, 5.41) is 3.40. The molecule has 1 aliphatic heterocycles. The van der Waals surface area contributed by atoms with Gasteiger partial charge in [0.05, 0.1) is 5.25 Å². The first-order chi connectivity index (χ1) is 11.9. The number of hydrogen-bond acceptors (Lipinski definition) is 3. The number of benzene rings is 2. The standard InChI is InChI=1S/C19H19ClN2O2S/c1-12(25-17-6-3-15(20)4-7-17)19(24)21-16-5-8-18-14(11-16)9-10-22(18)13(2)23/h3-8,11-12H,9-10H2,1-2H3,(H,21,24). The molecule has 3 rings (SSSR count). The second-order valence-corrected chi connectivity index (χ2v) is 7.82. The van der Waals surface area contributed by atoms with Crippen molar-refractivity contribution in [2.75, 3.05) is 16.8 Å². The van der Waals surface area contributed by atoms with Gasteiger partial charge in [-0.2, -0.15) is 0 Å². The maximum atomic E-state index is 12.4. The lowest BCUT2D eigenvalue weighted by Gasteiger charge is -2.16. The average Bonchev–Trinajstić information content (AvgIpc) is 3.00. The first-order valence-electron chi connectivity index (χ1n) is 8.08. The van der Waals surface area contributed by atoms with Crippen molar-refractivity contribution < 1.29 is 9.59 Å². The van der Waals surface area contributed by atoms with E-state index in [4.69, 9.17) is 11.6 Å². The lowest BCUT2D eigenvalue weighted by Crippen LogP contribution is -2.25. The van der Waals surface area contributed by atoms with Crippen LogP contribution in [0.3, 0.4) is 0 Å². The molecule has 0 saturated carbocycles. The number of amides is 2. The molecule has 2 aromatic rings. The minimum absolute atomic E-state index is 0.0449. The molecule has 1 unspecified atom stereocenters. The van der Waals surface area contributed by atoms with Gasteiger partial charge < -0.3 is 10.2 Å². The molecule has 1 atom stereocenters. The number of nitrogens with one attached hydrogen (secondary N) is 1. The minimum atomic E-state index is -0.233. The Hall–Kier alpha value is -1.98. The smallest absolute Gasteiger partial charge is 0.237 e. The van der Waals surface area contributed by atoms with Crippen molar-refractivity contribution in [1.29, 1.82) is 0 Å².